The molecule has 1 N–H and O–H groups in total. The minimum absolute atomic E-state index is 0.160. The van der Waals surface area contributed by atoms with Crippen LogP contribution in [0, 0.1) is 5.82 Å². The number of carbonyl (C=O) groups is 1. The van der Waals surface area contributed by atoms with E-state index < -0.39 is 5.82 Å². The number of aryl methyl sites for hydroxylation is 2. The zero-order valence-corrected chi connectivity index (χ0v) is 17.9. The Morgan fingerprint density at radius 2 is 2.00 bits per heavy atom. The Balaban J connectivity index is 1.31. The van der Waals surface area contributed by atoms with E-state index in [0.29, 0.717) is 11.4 Å². The molecule has 0 saturated heterocycles. The van der Waals surface area contributed by atoms with Crippen LogP contribution in [0.3, 0.4) is 0 Å². The van der Waals surface area contributed by atoms with Crippen molar-refractivity contribution in [3.05, 3.63) is 95.5 Å². The molecule has 0 unspecified atom stereocenters. The van der Waals surface area contributed by atoms with Gasteiger partial charge in [0.15, 0.2) is 0 Å². The van der Waals surface area contributed by atoms with E-state index in [1.165, 1.54) is 24.4 Å². The number of amides is 1. The number of hydrogen-bond donors (Lipinski definition) is 1. The van der Waals surface area contributed by atoms with Crippen molar-refractivity contribution in [1.82, 2.24) is 19.3 Å². The average molecular weight is 454 g/mol. The third-order valence-electron chi connectivity index (χ3n) is 4.71. The van der Waals surface area contributed by atoms with Crippen LogP contribution in [0.2, 0.25) is 5.02 Å². The van der Waals surface area contributed by atoms with Crippen LogP contribution in [0.5, 0.6) is 5.75 Å². The van der Waals surface area contributed by atoms with Gasteiger partial charge >= 0.3 is 0 Å². The number of carbonyl (C=O) groups excluding carboxylic acids is 1. The summed E-state index contributed by atoms with van der Waals surface area (Å²) in [7, 11) is 0. The molecule has 3 aromatic heterocycles. The van der Waals surface area contributed by atoms with Gasteiger partial charge in [-0.05, 0) is 54.4 Å². The molecule has 0 aliphatic heterocycles. The largest absolute Gasteiger partial charge is 0.487 e. The summed E-state index contributed by atoms with van der Waals surface area (Å²) in [5.41, 5.74) is 1.57. The molecule has 32 heavy (non-hydrogen) atoms. The lowest BCUT2D eigenvalue weighted by molar-refractivity contribution is 0.102. The Bertz CT molecular complexity index is 1190. The first-order valence-corrected chi connectivity index (χ1v) is 10.4. The molecule has 7 nitrogen and oxygen atoms in total. The highest BCUT2D eigenvalue weighted by Gasteiger charge is 2.11. The Hall–Kier alpha value is -3.65. The lowest BCUT2D eigenvalue weighted by atomic mass is 10.2. The van der Waals surface area contributed by atoms with Crippen molar-refractivity contribution in [3.8, 4) is 5.75 Å². The number of benzene rings is 1. The topological polar surface area (TPSA) is 74.0 Å². The maximum Gasteiger partial charge on any atom is 0.274 e. The van der Waals surface area contributed by atoms with Gasteiger partial charge < -0.3 is 14.6 Å². The Labute approximate surface area is 189 Å². The van der Waals surface area contributed by atoms with Crippen molar-refractivity contribution >= 4 is 23.2 Å². The zero-order chi connectivity index (χ0) is 22.3. The summed E-state index contributed by atoms with van der Waals surface area (Å²) in [5.74, 6) is -0.423. The van der Waals surface area contributed by atoms with E-state index in [9.17, 15) is 9.18 Å². The van der Waals surface area contributed by atoms with Crippen molar-refractivity contribution in [2.45, 2.75) is 26.1 Å². The third kappa shape index (κ3) is 5.73. The fourth-order valence-corrected chi connectivity index (χ4v) is 3.34. The number of ether oxygens (including phenoxy) is 1. The van der Waals surface area contributed by atoms with Crippen LogP contribution >= 0.6 is 11.6 Å². The molecule has 1 aromatic carbocycles. The predicted octanol–water partition coefficient (Wildman–Crippen LogP) is 4.79. The first kappa shape index (κ1) is 21.6. The van der Waals surface area contributed by atoms with Gasteiger partial charge in [-0.25, -0.2) is 4.39 Å². The Morgan fingerprint density at radius 1 is 1.16 bits per heavy atom. The fourth-order valence-electron chi connectivity index (χ4n) is 3.12. The summed E-state index contributed by atoms with van der Waals surface area (Å²) < 4.78 is 22.7. The molecule has 0 aliphatic carbocycles. The predicted molar refractivity (Wildman–Crippen MR) is 119 cm³/mol. The van der Waals surface area contributed by atoms with Gasteiger partial charge in [0.1, 0.15) is 23.9 Å². The summed E-state index contributed by atoms with van der Waals surface area (Å²) in [6.45, 7) is 1.80. The lowest BCUT2D eigenvalue weighted by Gasteiger charge is -2.09. The van der Waals surface area contributed by atoms with Crippen molar-refractivity contribution in [1.29, 1.82) is 0 Å². The van der Waals surface area contributed by atoms with Crippen molar-refractivity contribution < 1.29 is 13.9 Å². The second-order valence-electron chi connectivity index (χ2n) is 7.13. The molecule has 0 atom stereocenters. The number of nitrogens with one attached hydrogen (secondary N) is 1. The second-order valence-corrected chi connectivity index (χ2v) is 7.54. The van der Waals surface area contributed by atoms with E-state index in [0.717, 1.165) is 25.1 Å². The molecular formula is C23H21ClFN5O2. The number of anilines is 1. The number of nitrogens with zero attached hydrogens (tertiary/aromatic N) is 4. The highest BCUT2D eigenvalue weighted by molar-refractivity contribution is 6.32. The van der Waals surface area contributed by atoms with Crippen LogP contribution in [0.15, 0.2) is 73.4 Å². The quantitative estimate of drug-likeness (QED) is 0.395. The molecule has 164 valence electrons. The van der Waals surface area contributed by atoms with Gasteiger partial charge in [0.2, 0.25) is 0 Å². The van der Waals surface area contributed by atoms with E-state index in [2.05, 4.69) is 20.0 Å². The van der Waals surface area contributed by atoms with E-state index in [-0.39, 0.29) is 23.2 Å². The number of rotatable bonds is 9. The van der Waals surface area contributed by atoms with Gasteiger partial charge in [-0.1, -0.05) is 11.6 Å². The smallest absolute Gasteiger partial charge is 0.274 e. The van der Waals surface area contributed by atoms with Crippen LogP contribution in [-0.4, -0.2) is 25.2 Å². The molecular weight excluding hydrogens is 433 g/mol. The monoisotopic (exact) mass is 453 g/mol. The minimum atomic E-state index is -0.436. The van der Waals surface area contributed by atoms with Gasteiger partial charge in [0.25, 0.3) is 5.91 Å². The summed E-state index contributed by atoms with van der Waals surface area (Å²) in [6.07, 6.45) is 9.90. The molecule has 0 aliphatic rings. The van der Waals surface area contributed by atoms with Crippen LogP contribution < -0.4 is 10.1 Å². The SMILES string of the molecule is O=C(Nc1cnn(CCCn2cccc2)c1)c1cc(COc2ccc(F)cc2Cl)ccn1. The van der Waals surface area contributed by atoms with Crippen molar-refractivity contribution in [2.24, 2.45) is 0 Å². The van der Waals surface area contributed by atoms with E-state index >= 15 is 0 Å². The second kappa shape index (κ2) is 10.1. The first-order chi connectivity index (χ1) is 15.6. The summed E-state index contributed by atoms with van der Waals surface area (Å²) in [4.78, 5) is 16.7. The normalized spacial score (nSPS) is 10.8. The van der Waals surface area contributed by atoms with E-state index in [1.807, 2.05) is 24.5 Å². The molecule has 4 rings (SSSR count). The van der Waals surface area contributed by atoms with Gasteiger partial charge in [0, 0.05) is 37.9 Å². The molecule has 0 fully saturated rings. The molecule has 0 saturated carbocycles. The number of hydrogen-bond acceptors (Lipinski definition) is 4. The first-order valence-electron chi connectivity index (χ1n) is 10.0. The van der Waals surface area contributed by atoms with Gasteiger partial charge in [-0.3, -0.25) is 14.5 Å². The molecule has 4 aromatic rings. The number of pyridine rings is 1. The van der Waals surface area contributed by atoms with Crippen LogP contribution in [-0.2, 0) is 19.7 Å². The number of halogens is 2. The molecule has 0 radical (unpaired) electrons. The maximum atomic E-state index is 13.2. The lowest BCUT2D eigenvalue weighted by Crippen LogP contribution is -2.14. The maximum absolute atomic E-state index is 13.2. The molecule has 0 bridgehead atoms. The highest BCUT2D eigenvalue weighted by Crippen LogP contribution is 2.25. The Morgan fingerprint density at radius 3 is 2.81 bits per heavy atom. The molecule has 9 heteroatoms. The van der Waals surface area contributed by atoms with E-state index in [1.54, 1.807) is 29.2 Å². The summed E-state index contributed by atoms with van der Waals surface area (Å²) in [5, 5.41) is 7.28. The van der Waals surface area contributed by atoms with Crippen molar-refractivity contribution in [2.75, 3.05) is 5.32 Å². The van der Waals surface area contributed by atoms with Crippen LogP contribution in [0.25, 0.3) is 0 Å². The summed E-state index contributed by atoms with van der Waals surface area (Å²) >= 11 is 5.98. The highest BCUT2D eigenvalue weighted by atomic mass is 35.5. The minimum Gasteiger partial charge on any atom is -0.487 e. The summed E-state index contributed by atoms with van der Waals surface area (Å²) in [6, 6.07) is 11.3. The van der Waals surface area contributed by atoms with Crippen molar-refractivity contribution in [3.63, 3.8) is 0 Å². The van der Waals surface area contributed by atoms with Gasteiger partial charge in [-0.15, -0.1) is 0 Å². The van der Waals surface area contributed by atoms with Gasteiger partial charge in [0.05, 0.1) is 16.9 Å². The van der Waals surface area contributed by atoms with Crippen LogP contribution in [0.1, 0.15) is 22.5 Å². The zero-order valence-electron chi connectivity index (χ0n) is 17.1. The number of aromatic nitrogens is 4. The standard InChI is InChI=1S/C23H21ClFN5O2/c24-20-13-18(25)4-5-22(20)32-16-17-6-7-26-21(12-17)23(31)28-19-14-27-30(15-19)11-3-10-29-8-1-2-9-29/h1-2,4-9,12-15H,3,10-11,16H2,(H,28,31). The molecule has 3 heterocycles. The van der Waals surface area contributed by atoms with Gasteiger partial charge in [-0.2, -0.15) is 5.10 Å². The molecule has 0 spiro atoms. The van der Waals surface area contributed by atoms with E-state index in [4.69, 9.17) is 16.3 Å². The molecule has 1 amide bonds. The van der Waals surface area contributed by atoms with Crippen LogP contribution in [0.4, 0.5) is 10.1 Å². The fraction of sp³-hybridized carbons (Fsp3) is 0.174. The Kier molecular flexibility index (Phi) is 6.81. The average Bonchev–Trinajstić information content (AvgIpc) is 3.46. The third-order valence-corrected chi connectivity index (χ3v) is 5.00.